The summed E-state index contributed by atoms with van der Waals surface area (Å²) in [6.07, 6.45) is 1.57. The highest BCUT2D eigenvalue weighted by molar-refractivity contribution is 5.84. The maximum Gasteiger partial charge on any atom is 0.320 e. The average molecular weight is 299 g/mol. The second kappa shape index (κ2) is 8.49. The van der Waals surface area contributed by atoms with E-state index in [1.807, 2.05) is 13.8 Å². The number of likely N-dealkylation sites (N-methyl/N-ethyl adjacent to an activating group) is 2. The van der Waals surface area contributed by atoms with Crippen LogP contribution in [0.25, 0.3) is 0 Å². The molecule has 1 aliphatic heterocycles. The van der Waals surface area contributed by atoms with E-state index in [9.17, 15) is 14.4 Å². The number of aliphatic carboxylic acids is 1. The zero-order valence-corrected chi connectivity index (χ0v) is 12.8. The summed E-state index contributed by atoms with van der Waals surface area (Å²) >= 11 is 0. The monoisotopic (exact) mass is 299 g/mol. The molecule has 120 valence electrons. The predicted molar refractivity (Wildman–Crippen MR) is 77.9 cm³/mol. The lowest BCUT2D eigenvalue weighted by Crippen LogP contribution is -2.46. The molecule has 0 aliphatic carbocycles. The fourth-order valence-corrected chi connectivity index (χ4v) is 2.51. The number of carboxylic acids is 1. The molecule has 0 saturated carbocycles. The standard InChI is InChI=1S/C14H25N3O4/c1-3-15-12(18)10-16(4-2)14(21)17-8-7-11(9-17)5-6-13(19)20/h11H,3-10H2,1-2H3,(H,15,18)(H,19,20). The second-order valence-corrected chi connectivity index (χ2v) is 5.28. The second-order valence-electron chi connectivity index (χ2n) is 5.28. The number of rotatable bonds is 7. The molecule has 7 heteroatoms. The van der Waals surface area contributed by atoms with Gasteiger partial charge in [-0.05, 0) is 32.6 Å². The summed E-state index contributed by atoms with van der Waals surface area (Å²) in [6.45, 7) is 5.99. The first-order valence-corrected chi connectivity index (χ1v) is 7.50. The van der Waals surface area contributed by atoms with Gasteiger partial charge in [-0.25, -0.2) is 4.79 Å². The zero-order chi connectivity index (χ0) is 15.8. The van der Waals surface area contributed by atoms with Crippen LogP contribution in [0.3, 0.4) is 0 Å². The average Bonchev–Trinajstić information content (AvgIpc) is 2.91. The van der Waals surface area contributed by atoms with Gasteiger partial charge in [-0.15, -0.1) is 0 Å². The molecule has 0 spiro atoms. The van der Waals surface area contributed by atoms with Crippen molar-refractivity contribution in [3.05, 3.63) is 0 Å². The highest BCUT2D eigenvalue weighted by Gasteiger charge is 2.29. The molecule has 0 aromatic rings. The van der Waals surface area contributed by atoms with Crippen molar-refractivity contribution in [2.45, 2.75) is 33.1 Å². The van der Waals surface area contributed by atoms with E-state index >= 15 is 0 Å². The number of carboxylic acid groups (broad SMARTS) is 1. The summed E-state index contributed by atoms with van der Waals surface area (Å²) in [5, 5.41) is 11.4. The molecule has 3 amide bonds. The summed E-state index contributed by atoms with van der Waals surface area (Å²) in [5.74, 6) is -0.714. The maximum atomic E-state index is 12.4. The van der Waals surface area contributed by atoms with Gasteiger partial charge in [0, 0.05) is 32.6 Å². The third-order valence-corrected chi connectivity index (χ3v) is 3.68. The minimum Gasteiger partial charge on any atom is -0.481 e. The predicted octanol–water partition coefficient (Wildman–Crippen LogP) is 0.751. The van der Waals surface area contributed by atoms with Crippen molar-refractivity contribution in [1.29, 1.82) is 0 Å². The van der Waals surface area contributed by atoms with Crippen LogP contribution < -0.4 is 5.32 Å². The molecule has 2 N–H and O–H groups in total. The first-order chi connectivity index (χ1) is 9.97. The van der Waals surface area contributed by atoms with Crippen LogP contribution in [0.4, 0.5) is 4.79 Å². The largest absolute Gasteiger partial charge is 0.481 e. The Hall–Kier alpha value is -1.79. The Kier molecular flexibility index (Phi) is 6.98. The molecule has 1 fully saturated rings. The molecule has 0 aromatic heterocycles. The van der Waals surface area contributed by atoms with Crippen molar-refractivity contribution in [2.75, 3.05) is 32.7 Å². The van der Waals surface area contributed by atoms with Crippen LogP contribution >= 0.6 is 0 Å². The van der Waals surface area contributed by atoms with Gasteiger partial charge in [0.2, 0.25) is 5.91 Å². The van der Waals surface area contributed by atoms with Crippen LogP contribution in [0.5, 0.6) is 0 Å². The van der Waals surface area contributed by atoms with Crippen LogP contribution in [0.1, 0.15) is 33.1 Å². The van der Waals surface area contributed by atoms with Crippen molar-refractivity contribution >= 4 is 17.9 Å². The quantitative estimate of drug-likeness (QED) is 0.726. The van der Waals surface area contributed by atoms with E-state index in [0.29, 0.717) is 32.6 Å². The van der Waals surface area contributed by atoms with Gasteiger partial charge in [0.1, 0.15) is 6.54 Å². The van der Waals surface area contributed by atoms with Crippen LogP contribution in [-0.4, -0.2) is 65.5 Å². The summed E-state index contributed by atoms with van der Waals surface area (Å²) < 4.78 is 0. The molecule has 7 nitrogen and oxygen atoms in total. The molecule has 0 aromatic carbocycles. The summed E-state index contributed by atoms with van der Waals surface area (Å²) in [5.41, 5.74) is 0. The summed E-state index contributed by atoms with van der Waals surface area (Å²) in [7, 11) is 0. The topological polar surface area (TPSA) is 90.0 Å². The Bertz CT molecular complexity index is 386. The normalized spacial score (nSPS) is 17.6. The van der Waals surface area contributed by atoms with E-state index in [4.69, 9.17) is 5.11 Å². The van der Waals surface area contributed by atoms with Crippen molar-refractivity contribution in [3.63, 3.8) is 0 Å². The highest BCUT2D eigenvalue weighted by atomic mass is 16.4. The van der Waals surface area contributed by atoms with Gasteiger partial charge in [-0.2, -0.15) is 0 Å². The molecular formula is C14H25N3O4. The number of carbonyl (C=O) groups is 3. The third-order valence-electron chi connectivity index (χ3n) is 3.68. The number of hydrogen-bond donors (Lipinski definition) is 2. The SMILES string of the molecule is CCNC(=O)CN(CC)C(=O)N1CCC(CCC(=O)O)C1. The number of nitrogens with zero attached hydrogens (tertiary/aromatic N) is 2. The van der Waals surface area contributed by atoms with Crippen molar-refractivity contribution < 1.29 is 19.5 Å². The summed E-state index contributed by atoms with van der Waals surface area (Å²) in [6, 6.07) is -0.137. The van der Waals surface area contributed by atoms with Gasteiger partial charge in [0.05, 0.1) is 0 Å². The zero-order valence-electron chi connectivity index (χ0n) is 12.8. The van der Waals surface area contributed by atoms with Crippen LogP contribution in [0.15, 0.2) is 0 Å². The fraction of sp³-hybridized carbons (Fsp3) is 0.786. The fourth-order valence-electron chi connectivity index (χ4n) is 2.51. The Labute approximate surface area is 125 Å². The van der Waals surface area contributed by atoms with Crippen LogP contribution in [0.2, 0.25) is 0 Å². The molecular weight excluding hydrogens is 274 g/mol. The molecule has 0 bridgehead atoms. The molecule has 0 radical (unpaired) electrons. The molecule has 1 aliphatic rings. The van der Waals surface area contributed by atoms with Crippen molar-refractivity contribution in [2.24, 2.45) is 5.92 Å². The Morgan fingerprint density at radius 1 is 1.33 bits per heavy atom. The highest BCUT2D eigenvalue weighted by Crippen LogP contribution is 2.22. The molecule has 1 rings (SSSR count). The number of urea groups is 1. The first-order valence-electron chi connectivity index (χ1n) is 7.50. The van der Waals surface area contributed by atoms with Gasteiger partial charge in [0.15, 0.2) is 0 Å². The van der Waals surface area contributed by atoms with Crippen LogP contribution in [-0.2, 0) is 9.59 Å². The van der Waals surface area contributed by atoms with Crippen LogP contribution in [0, 0.1) is 5.92 Å². The van der Waals surface area contributed by atoms with E-state index in [2.05, 4.69) is 5.32 Å². The molecule has 1 unspecified atom stereocenters. The third kappa shape index (κ3) is 5.61. The van der Waals surface area contributed by atoms with Gasteiger partial charge < -0.3 is 20.2 Å². The van der Waals surface area contributed by atoms with E-state index in [1.165, 1.54) is 4.90 Å². The number of amides is 3. The molecule has 1 atom stereocenters. The number of hydrogen-bond acceptors (Lipinski definition) is 3. The Morgan fingerprint density at radius 3 is 2.62 bits per heavy atom. The van der Waals surface area contributed by atoms with E-state index in [1.54, 1.807) is 4.90 Å². The van der Waals surface area contributed by atoms with Crippen molar-refractivity contribution in [1.82, 2.24) is 15.1 Å². The lowest BCUT2D eigenvalue weighted by molar-refractivity contribution is -0.137. The smallest absolute Gasteiger partial charge is 0.320 e. The summed E-state index contributed by atoms with van der Waals surface area (Å²) in [4.78, 5) is 37.8. The van der Waals surface area contributed by atoms with E-state index < -0.39 is 5.97 Å². The molecule has 1 heterocycles. The number of carbonyl (C=O) groups excluding carboxylic acids is 2. The van der Waals surface area contributed by atoms with Gasteiger partial charge in [0.25, 0.3) is 0 Å². The first kappa shape index (κ1) is 17.3. The van der Waals surface area contributed by atoms with E-state index in [-0.39, 0.29) is 30.8 Å². The minimum absolute atomic E-state index is 0.0689. The Balaban J connectivity index is 2.46. The molecule has 21 heavy (non-hydrogen) atoms. The van der Waals surface area contributed by atoms with Crippen molar-refractivity contribution in [3.8, 4) is 0 Å². The van der Waals surface area contributed by atoms with Gasteiger partial charge >= 0.3 is 12.0 Å². The maximum absolute atomic E-state index is 12.4. The van der Waals surface area contributed by atoms with Gasteiger partial charge in [-0.3, -0.25) is 9.59 Å². The number of likely N-dealkylation sites (tertiary alicyclic amines) is 1. The lowest BCUT2D eigenvalue weighted by Gasteiger charge is -2.26. The van der Waals surface area contributed by atoms with E-state index in [0.717, 1.165) is 6.42 Å². The minimum atomic E-state index is -0.800. The molecule has 1 saturated heterocycles. The lowest BCUT2D eigenvalue weighted by atomic mass is 10.0. The van der Waals surface area contributed by atoms with Gasteiger partial charge in [-0.1, -0.05) is 0 Å². The Morgan fingerprint density at radius 2 is 2.05 bits per heavy atom. The number of nitrogens with one attached hydrogen (secondary N) is 1.